The van der Waals surface area contributed by atoms with Crippen molar-refractivity contribution in [2.24, 2.45) is 4.99 Å². The zero-order chi connectivity index (χ0) is 22.5. The van der Waals surface area contributed by atoms with Crippen LogP contribution in [-0.2, 0) is 11.3 Å². The SMILES string of the molecule is CCOC(=O)N1CCC(NC(=NC)NCc2ccccc2OCCN(CC)CC)CC1.I. The Morgan fingerprint density at radius 2 is 1.88 bits per heavy atom. The molecule has 1 fully saturated rings. The standard InChI is InChI=1S/C23H39N5O3.HI/c1-5-27(6-2)16-17-31-21-11-9-8-10-19(21)18-25-22(24-4)26-20-12-14-28(15-13-20)23(29)30-7-3;/h8-11,20H,5-7,12-18H2,1-4H3,(H2,24,25,26);1H. The minimum absolute atomic E-state index is 0. The summed E-state index contributed by atoms with van der Waals surface area (Å²) in [6.45, 7) is 12.2. The molecule has 2 rings (SSSR count). The lowest BCUT2D eigenvalue weighted by Crippen LogP contribution is -2.49. The fraction of sp³-hybridized carbons (Fsp3) is 0.652. The van der Waals surface area contributed by atoms with Gasteiger partial charge in [-0.15, -0.1) is 24.0 Å². The van der Waals surface area contributed by atoms with Gasteiger partial charge in [-0.1, -0.05) is 32.0 Å². The number of rotatable bonds is 10. The molecule has 0 radical (unpaired) electrons. The average Bonchev–Trinajstić information content (AvgIpc) is 2.80. The fourth-order valence-corrected chi connectivity index (χ4v) is 3.60. The van der Waals surface area contributed by atoms with E-state index in [1.807, 2.05) is 25.1 Å². The smallest absolute Gasteiger partial charge is 0.409 e. The van der Waals surface area contributed by atoms with Gasteiger partial charge in [0.1, 0.15) is 12.4 Å². The van der Waals surface area contributed by atoms with Crippen LogP contribution < -0.4 is 15.4 Å². The zero-order valence-electron chi connectivity index (χ0n) is 19.9. The largest absolute Gasteiger partial charge is 0.492 e. The van der Waals surface area contributed by atoms with Crippen LogP contribution in [0, 0.1) is 0 Å². The number of nitrogens with one attached hydrogen (secondary N) is 2. The molecule has 1 aromatic carbocycles. The molecule has 1 aliphatic heterocycles. The second kappa shape index (κ2) is 16.0. The van der Waals surface area contributed by atoms with Gasteiger partial charge in [-0.05, 0) is 38.9 Å². The van der Waals surface area contributed by atoms with Gasteiger partial charge in [0, 0.05) is 44.8 Å². The number of nitrogens with zero attached hydrogens (tertiary/aromatic N) is 3. The highest BCUT2D eigenvalue weighted by Gasteiger charge is 2.24. The van der Waals surface area contributed by atoms with Gasteiger partial charge in [0.2, 0.25) is 0 Å². The lowest BCUT2D eigenvalue weighted by atomic mass is 10.1. The molecule has 182 valence electrons. The van der Waals surface area contributed by atoms with Gasteiger partial charge in [-0.2, -0.15) is 0 Å². The van der Waals surface area contributed by atoms with E-state index in [0.717, 1.165) is 49.7 Å². The van der Waals surface area contributed by atoms with Crippen molar-refractivity contribution in [3.63, 3.8) is 0 Å². The highest BCUT2D eigenvalue weighted by molar-refractivity contribution is 14.0. The maximum atomic E-state index is 11.9. The summed E-state index contributed by atoms with van der Waals surface area (Å²) in [6, 6.07) is 8.39. The molecule has 1 aliphatic rings. The Morgan fingerprint density at radius 3 is 2.50 bits per heavy atom. The molecule has 8 nitrogen and oxygen atoms in total. The first-order valence-corrected chi connectivity index (χ1v) is 11.4. The highest BCUT2D eigenvalue weighted by Crippen LogP contribution is 2.18. The summed E-state index contributed by atoms with van der Waals surface area (Å²) in [5.41, 5.74) is 1.10. The van der Waals surface area contributed by atoms with E-state index in [9.17, 15) is 4.79 Å². The molecule has 1 aromatic rings. The van der Waals surface area contributed by atoms with Crippen molar-refractivity contribution < 1.29 is 14.3 Å². The molecular weight excluding hydrogens is 521 g/mol. The Labute approximate surface area is 210 Å². The number of hydrogen-bond acceptors (Lipinski definition) is 5. The number of piperidine rings is 1. The van der Waals surface area contributed by atoms with E-state index in [4.69, 9.17) is 9.47 Å². The molecule has 32 heavy (non-hydrogen) atoms. The van der Waals surface area contributed by atoms with E-state index in [1.165, 1.54) is 0 Å². The molecule has 9 heteroatoms. The van der Waals surface area contributed by atoms with Crippen molar-refractivity contribution in [2.75, 3.05) is 53.0 Å². The molecule has 1 amide bonds. The second-order valence-electron chi connectivity index (χ2n) is 7.51. The highest BCUT2D eigenvalue weighted by atomic mass is 127. The number of benzene rings is 1. The summed E-state index contributed by atoms with van der Waals surface area (Å²) in [5.74, 6) is 1.66. The Balaban J connectivity index is 0.00000512. The van der Waals surface area contributed by atoms with Crippen LogP contribution in [0.1, 0.15) is 39.2 Å². The molecule has 0 bridgehead atoms. The monoisotopic (exact) mass is 561 g/mol. The van der Waals surface area contributed by atoms with Crippen LogP contribution in [-0.4, -0.2) is 80.9 Å². The molecule has 0 aliphatic carbocycles. The third kappa shape index (κ3) is 9.40. The topological polar surface area (TPSA) is 78.4 Å². The van der Waals surface area contributed by atoms with E-state index in [2.05, 4.69) is 40.4 Å². The van der Waals surface area contributed by atoms with E-state index in [1.54, 1.807) is 11.9 Å². The summed E-state index contributed by atoms with van der Waals surface area (Å²) in [5, 5.41) is 6.87. The predicted molar refractivity (Wildman–Crippen MR) is 140 cm³/mol. The Morgan fingerprint density at radius 1 is 1.19 bits per heavy atom. The first-order chi connectivity index (χ1) is 15.1. The predicted octanol–water partition coefficient (Wildman–Crippen LogP) is 3.31. The van der Waals surface area contributed by atoms with Gasteiger partial charge >= 0.3 is 6.09 Å². The first-order valence-electron chi connectivity index (χ1n) is 11.4. The van der Waals surface area contributed by atoms with Gasteiger partial charge in [0.05, 0.1) is 6.61 Å². The van der Waals surface area contributed by atoms with Crippen LogP contribution in [0.5, 0.6) is 5.75 Å². The van der Waals surface area contributed by atoms with Crippen LogP contribution in [0.2, 0.25) is 0 Å². The number of carbonyl (C=O) groups is 1. The molecule has 1 heterocycles. The summed E-state index contributed by atoms with van der Waals surface area (Å²) < 4.78 is 11.1. The number of aliphatic imine (C=N–C) groups is 1. The minimum Gasteiger partial charge on any atom is -0.492 e. The fourth-order valence-electron chi connectivity index (χ4n) is 3.60. The number of amides is 1. The summed E-state index contributed by atoms with van der Waals surface area (Å²) in [7, 11) is 1.77. The Hall–Kier alpha value is -1.75. The lowest BCUT2D eigenvalue weighted by molar-refractivity contribution is 0.0963. The molecule has 0 unspecified atom stereocenters. The van der Waals surface area contributed by atoms with Gasteiger partial charge in [-0.3, -0.25) is 4.99 Å². The van der Waals surface area contributed by atoms with Crippen molar-refractivity contribution >= 4 is 36.0 Å². The number of likely N-dealkylation sites (N-methyl/N-ethyl adjacent to an activating group) is 1. The van der Waals surface area contributed by atoms with Gasteiger partial charge in [0.15, 0.2) is 5.96 Å². The second-order valence-corrected chi connectivity index (χ2v) is 7.51. The first kappa shape index (κ1) is 28.3. The van der Waals surface area contributed by atoms with Crippen LogP contribution in [0.3, 0.4) is 0 Å². The number of likely N-dealkylation sites (tertiary alicyclic amines) is 1. The molecule has 0 atom stereocenters. The van der Waals surface area contributed by atoms with E-state index in [-0.39, 0.29) is 36.1 Å². The van der Waals surface area contributed by atoms with Gasteiger partial charge in [-0.25, -0.2) is 4.79 Å². The van der Waals surface area contributed by atoms with Crippen molar-refractivity contribution in [2.45, 2.75) is 46.2 Å². The lowest BCUT2D eigenvalue weighted by Gasteiger charge is -2.32. The molecule has 0 saturated carbocycles. The van der Waals surface area contributed by atoms with Crippen molar-refractivity contribution in [1.82, 2.24) is 20.4 Å². The van der Waals surface area contributed by atoms with Gasteiger partial charge in [0.25, 0.3) is 0 Å². The zero-order valence-corrected chi connectivity index (χ0v) is 22.3. The van der Waals surface area contributed by atoms with Crippen molar-refractivity contribution in [3.05, 3.63) is 29.8 Å². The van der Waals surface area contributed by atoms with Crippen LogP contribution in [0.25, 0.3) is 0 Å². The quantitative estimate of drug-likeness (QED) is 0.260. The molecule has 0 aromatic heterocycles. The number of para-hydroxylation sites is 1. The van der Waals surface area contributed by atoms with Crippen LogP contribution in [0.4, 0.5) is 4.79 Å². The number of halogens is 1. The number of ether oxygens (including phenoxy) is 2. The van der Waals surface area contributed by atoms with Crippen LogP contribution in [0.15, 0.2) is 29.3 Å². The van der Waals surface area contributed by atoms with Crippen LogP contribution >= 0.6 is 24.0 Å². The number of carbonyl (C=O) groups excluding carboxylic acids is 1. The maximum absolute atomic E-state index is 11.9. The molecule has 1 saturated heterocycles. The van der Waals surface area contributed by atoms with Crippen molar-refractivity contribution in [1.29, 1.82) is 0 Å². The molecule has 2 N–H and O–H groups in total. The summed E-state index contributed by atoms with van der Waals surface area (Å²) >= 11 is 0. The third-order valence-corrected chi connectivity index (χ3v) is 5.56. The Bertz CT molecular complexity index is 692. The number of hydrogen-bond donors (Lipinski definition) is 2. The third-order valence-electron chi connectivity index (χ3n) is 5.56. The Kier molecular flexibility index (Phi) is 14.1. The minimum atomic E-state index is -0.221. The summed E-state index contributed by atoms with van der Waals surface area (Å²) in [6.07, 6.45) is 1.51. The molecular formula is C23H40IN5O3. The van der Waals surface area contributed by atoms with E-state index < -0.39 is 0 Å². The average molecular weight is 562 g/mol. The maximum Gasteiger partial charge on any atom is 0.409 e. The van der Waals surface area contributed by atoms with E-state index in [0.29, 0.717) is 32.8 Å². The van der Waals surface area contributed by atoms with Crippen molar-refractivity contribution in [3.8, 4) is 5.75 Å². The molecule has 0 spiro atoms. The number of guanidine groups is 1. The van der Waals surface area contributed by atoms with Gasteiger partial charge < -0.3 is 29.9 Å². The normalized spacial score (nSPS) is 14.7. The van der Waals surface area contributed by atoms with E-state index >= 15 is 0 Å². The summed E-state index contributed by atoms with van der Waals surface area (Å²) in [4.78, 5) is 20.3.